The number of hydrogen-bond acceptors (Lipinski definition) is 5. The van der Waals surface area contributed by atoms with Gasteiger partial charge in [-0.05, 0) is 41.1 Å². The van der Waals surface area contributed by atoms with Crippen LogP contribution in [0.4, 0.5) is 10.1 Å². The molecule has 0 aliphatic carbocycles. The fraction of sp³-hybridized carbons (Fsp3) is 0.167. The number of nitrogens with one attached hydrogen (secondary N) is 1. The molecule has 112 valence electrons. The van der Waals surface area contributed by atoms with Crippen LogP contribution in [-0.2, 0) is 16.6 Å². The Kier molecular flexibility index (Phi) is 4.55. The number of sulfonamides is 1. The van der Waals surface area contributed by atoms with Crippen molar-refractivity contribution >= 4 is 31.6 Å². The highest BCUT2D eigenvalue weighted by atomic mass is 79.9. The summed E-state index contributed by atoms with van der Waals surface area (Å²) in [7, 11) is -3.87. The standard InChI is InChI=1S/C12H12BrFN4O2S/c1-7-16-3-2-8(18-7)6-17-21(19,20)12-4-9(13)10(14)5-11(12)15/h2-5,17H,6,15H2,1H3. The average molecular weight is 375 g/mol. The van der Waals surface area contributed by atoms with Gasteiger partial charge in [-0.3, -0.25) is 0 Å². The number of rotatable bonds is 4. The lowest BCUT2D eigenvalue weighted by atomic mass is 10.3. The topological polar surface area (TPSA) is 98.0 Å². The van der Waals surface area contributed by atoms with Crippen LogP contribution in [0.1, 0.15) is 11.5 Å². The summed E-state index contributed by atoms with van der Waals surface area (Å²) in [6.45, 7) is 1.69. The van der Waals surface area contributed by atoms with Crippen molar-refractivity contribution in [1.29, 1.82) is 0 Å². The van der Waals surface area contributed by atoms with Crippen LogP contribution < -0.4 is 10.5 Å². The molecular formula is C12H12BrFN4O2S. The highest BCUT2D eigenvalue weighted by molar-refractivity contribution is 9.10. The highest BCUT2D eigenvalue weighted by Crippen LogP contribution is 2.26. The largest absolute Gasteiger partial charge is 0.398 e. The van der Waals surface area contributed by atoms with Crippen LogP contribution in [0.15, 0.2) is 33.8 Å². The minimum absolute atomic E-state index is 0.0138. The van der Waals surface area contributed by atoms with E-state index in [9.17, 15) is 12.8 Å². The second kappa shape index (κ2) is 6.04. The number of halogens is 2. The van der Waals surface area contributed by atoms with E-state index in [1.165, 1.54) is 6.20 Å². The molecule has 21 heavy (non-hydrogen) atoms. The Morgan fingerprint density at radius 2 is 2.14 bits per heavy atom. The van der Waals surface area contributed by atoms with Gasteiger partial charge in [-0.1, -0.05) is 0 Å². The predicted octanol–water partition coefficient (Wildman–Crippen LogP) is 1.75. The third kappa shape index (κ3) is 3.74. The number of nitrogen functional groups attached to an aromatic ring is 1. The molecule has 0 amide bonds. The summed E-state index contributed by atoms with van der Waals surface area (Å²) in [6, 6.07) is 3.67. The fourth-order valence-electron chi connectivity index (χ4n) is 1.63. The molecule has 3 N–H and O–H groups in total. The Morgan fingerprint density at radius 3 is 2.81 bits per heavy atom. The van der Waals surface area contributed by atoms with Gasteiger partial charge in [0.1, 0.15) is 16.5 Å². The predicted molar refractivity (Wildman–Crippen MR) is 79.3 cm³/mol. The maximum Gasteiger partial charge on any atom is 0.243 e. The van der Waals surface area contributed by atoms with E-state index in [0.717, 1.165) is 12.1 Å². The van der Waals surface area contributed by atoms with E-state index in [-0.39, 0.29) is 21.6 Å². The molecule has 2 rings (SSSR count). The van der Waals surface area contributed by atoms with Crippen LogP contribution in [0.2, 0.25) is 0 Å². The molecule has 0 aliphatic heterocycles. The SMILES string of the molecule is Cc1nccc(CNS(=O)(=O)c2cc(Br)c(F)cc2N)n1. The Labute approximate surface area is 129 Å². The summed E-state index contributed by atoms with van der Waals surface area (Å²) in [5.74, 6) is -0.0892. The van der Waals surface area contributed by atoms with Crippen molar-refractivity contribution in [2.45, 2.75) is 18.4 Å². The van der Waals surface area contributed by atoms with Crippen LogP contribution in [0.25, 0.3) is 0 Å². The summed E-state index contributed by atoms with van der Waals surface area (Å²) >= 11 is 2.93. The number of aryl methyl sites for hydroxylation is 1. The summed E-state index contributed by atoms with van der Waals surface area (Å²) in [6.07, 6.45) is 1.54. The fourth-order valence-corrected chi connectivity index (χ4v) is 3.26. The number of hydrogen-bond donors (Lipinski definition) is 2. The number of benzene rings is 1. The van der Waals surface area contributed by atoms with E-state index in [0.29, 0.717) is 11.5 Å². The first-order valence-electron chi connectivity index (χ1n) is 5.82. The summed E-state index contributed by atoms with van der Waals surface area (Å²) in [5.41, 5.74) is 5.92. The molecule has 0 radical (unpaired) electrons. The third-order valence-corrected chi connectivity index (χ3v) is 4.68. The van der Waals surface area contributed by atoms with Crippen molar-refractivity contribution < 1.29 is 12.8 Å². The second-order valence-electron chi connectivity index (χ2n) is 4.22. The van der Waals surface area contributed by atoms with E-state index in [2.05, 4.69) is 30.6 Å². The van der Waals surface area contributed by atoms with Gasteiger partial charge in [0, 0.05) is 6.20 Å². The Hall–Kier alpha value is -1.58. The number of aromatic nitrogens is 2. The Balaban J connectivity index is 2.25. The molecule has 1 heterocycles. The summed E-state index contributed by atoms with van der Waals surface area (Å²) in [5, 5.41) is 0. The van der Waals surface area contributed by atoms with Crippen molar-refractivity contribution in [2.24, 2.45) is 0 Å². The van der Waals surface area contributed by atoms with Gasteiger partial charge in [-0.15, -0.1) is 0 Å². The lowest BCUT2D eigenvalue weighted by Gasteiger charge is -2.10. The molecule has 0 fully saturated rings. The third-order valence-electron chi connectivity index (χ3n) is 2.62. The van der Waals surface area contributed by atoms with E-state index in [1.54, 1.807) is 13.0 Å². The van der Waals surface area contributed by atoms with Crippen molar-refractivity contribution in [3.05, 3.63) is 46.2 Å². The first-order valence-corrected chi connectivity index (χ1v) is 8.10. The number of anilines is 1. The normalized spacial score (nSPS) is 11.6. The van der Waals surface area contributed by atoms with E-state index in [1.807, 2.05) is 0 Å². The van der Waals surface area contributed by atoms with Gasteiger partial charge < -0.3 is 5.73 Å². The number of nitrogens with zero attached hydrogens (tertiary/aromatic N) is 2. The molecule has 0 atom stereocenters. The molecule has 0 saturated heterocycles. The van der Waals surface area contributed by atoms with Crippen molar-refractivity contribution in [2.75, 3.05) is 5.73 Å². The van der Waals surface area contributed by atoms with Gasteiger partial charge in [-0.2, -0.15) is 0 Å². The summed E-state index contributed by atoms with van der Waals surface area (Å²) in [4.78, 5) is 7.81. The maximum absolute atomic E-state index is 13.3. The molecule has 0 spiro atoms. The zero-order valence-electron chi connectivity index (χ0n) is 11.0. The lowest BCUT2D eigenvalue weighted by Crippen LogP contribution is -2.25. The molecule has 0 unspecified atom stereocenters. The van der Waals surface area contributed by atoms with E-state index in [4.69, 9.17) is 5.73 Å². The Bertz CT molecular complexity index is 783. The van der Waals surface area contributed by atoms with E-state index >= 15 is 0 Å². The molecular weight excluding hydrogens is 363 g/mol. The molecule has 0 saturated carbocycles. The van der Waals surface area contributed by atoms with Gasteiger partial charge in [0.2, 0.25) is 10.0 Å². The second-order valence-corrected chi connectivity index (χ2v) is 6.81. The molecule has 2 aromatic rings. The molecule has 0 bridgehead atoms. The van der Waals surface area contributed by atoms with Gasteiger partial charge in [0.25, 0.3) is 0 Å². The first-order chi connectivity index (χ1) is 9.79. The quantitative estimate of drug-likeness (QED) is 0.794. The average Bonchev–Trinajstić information content (AvgIpc) is 2.41. The minimum Gasteiger partial charge on any atom is -0.398 e. The van der Waals surface area contributed by atoms with Crippen LogP contribution >= 0.6 is 15.9 Å². The lowest BCUT2D eigenvalue weighted by molar-refractivity contribution is 0.579. The minimum atomic E-state index is -3.87. The van der Waals surface area contributed by atoms with Gasteiger partial charge in [-0.25, -0.2) is 27.5 Å². The molecule has 1 aromatic carbocycles. The van der Waals surface area contributed by atoms with Crippen molar-refractivity contribution in [3.8, 4) is 0 Å². The number of nitrogens with two attached hydrogens (primary N) is 1. The van der Waals surface area contributed by atoms with Gasteiger partial charge in [0.05, 0.1) is 22.4 Å². The smallest absolute Gasteiger partial charge is 0.243 e. The first kappa shape index (κ1) is 15.8. The summed E-state index contributed by atoms with van der Waals surface area (Å²) < 4.78 is 40.1. The highest BCUT2D eigenvalue weighted by Gasteiger charge is 2.19. The monoisotopic (exact) mass is 374 g/mol. The van der Waals surface area contributed by atoms with Crippen molar-refractivity contribution in [3.63, 3.8) is 0 Å². The van der Waals surface area contributed by atoms with Crippen LogP contribution in [0, 0.1) is 12.7 Å². The molecule has 0 aliphatic rings. The van der Waals surface area contributed by atoms with Crippen molar-refractivity contribution in [1.82, 2.24) is 14.7 Å². The van der Waals surface area contributed by atoms with Crippen LogP contribution in [0.3, 0.4) is 0 Å². The van der Waals surface area contributed by atoms with Crippen LogP contribution in [0.5, 0.6) is 0 Å². The van der Waals surface area contributed by atoms with E-state index < -0.39 is 15.8 Å². The maximum atomic E-state index is 13.3. The molecule has 6 nitrogen and oxygen atoms in total. The van der Waals surface area contributed by atoms with Gasteiger partial charge >= 0.3 is 0 Å². The Morgan fingerprint density at radius 1 is 1.43 bits per heavy atom. The van der Waals surface area contributed by atoms with Crippen LogP contribution in [-0.4, -0.2) is 18.4 Å². The zero-order chi connectivity index (χ0) is 15.6. The molecule has 9 heteroatoms. The molecule has 1 aromatic heterocycles. The zero-order valence-corrected chi connectivity index (χ0v) is 13.4. The van der Waals surface area contributed by atoms with Gasteiger partial charge in [0.15, 0.2) is 0 Å².